The number of likely N-dealkylation sites (N-methyl/N-ethyl adjacent to an activating group) is 1. The molecule has 0 radical (unpaired) electrons. The van der Waals surface area contributed by atoms with Gasteiger partial charge in [-0.3, -0.25) is 0 Å². The van der Waals surface area contributed by atoms with E-state index in [9.17, 15) is 0 Å². The van der Waals surface area contributed by atoms with E-state index in [2.05, 4.69) is 22.6 Å². The summed E-state index contributed by atoms with van der Waals surface area (Å²) in [6.45, 7) is 5.01. The lowest BCUT2D eigenvalue weighted by Gasteiger charge is -2.20. The van der Waals surface area contributed by atoms with Crippen LogP contribution in [-0.2, 0) is 6.42 Å². The maximum atomic E-state index is 5.50. The molecule has 1 aromatic carbocycles. The highest BCUT2D eigenvalue weighted by Crippen LogP contribution is 2.31. The lowest BCUT2D eigenvalue weighted by Crippen LogP contribution is -2.23. The molecule has 0 fully saturated rings. The van der Waals surface area contributed by atoms with E-state index in [1.54, 1.807) is 25.6 Å². The molecular formula is C16H22N2O2S. The molecule has 0 saturated heterocycles. The summed E-state index contributed by atoms with van der Waals surface area (Å²) >= 11 is 1.70. The first-order valence-corrected chi connectivity index (χ1v) is 7.92. The standard InChI is InChI=1S/C16H22N2O2S/c1-5-17-14(9-16-18-11(2)10-21-16)13-8-12(19-3)6-7-15(13)20-4/h6-8,10,14,17H,5,9H2,1-4H3. The zero-order valence-corrected chi connectivity index (χ0v) is 13.8. The van der Waals surface area contributed by atoms with Crippen molar-refractivity contribution in [2.24, 2.45) is 0 Å². The van der Waals surface area contributed by atoms with E-state index in [-0.39, 0.29) is 6.04 Å². The molecule has 1 N–H and O–H groups in total. The molecule has 0 aliphatic carbocycles. The minimum absolute atomic E-state index is 0.158. The van der Waals surface area contributed by atoms with Crippen LogP contribution in [0.3, 0.4) is 0 Å². The lowest BCUT2D eigenvalue weighted by molar-refractivity contribution is 0.389. The predicted octanol–water partition coefficient (Wildman–Crippen LogP) is 3.36. The Morgan fingerprint density at radius 2 is 2.10 bits per heavy atom. The Balaban J connectivity index is 2.31. The van der Waals surface area contributed by atoms with Gasteiger partial charge in [-0.25, -0.2) is 4.98 Å². The summed E-state index contributed by atoms with van der Waals surface area (Å²) in [5.74, 6) is 1.71. The number of nitrogens with one attached hydrogen (secondary N) is 1. The monoisotopic (exact) mass is 306 g/mol. The van der Waals surface area contributed by atoms with Crippen molar-refractivity contribution < 1.29 is 9.47 Å². The topological polar surface area (TPSA) is 43.4 Å². The van der Waals surface area contributed by atoms with E-state index in [1.807, 2.05) is 25.1 Å². The Morgan fingerprint density at radius 1 is 1.29 bits per heavy atom. The third-order valence-corrected chi connectivity index (χ3v) is 4.30. The van der Waals surface area contributed by atoms with Gasteiger partial charge in [0.25, 0.3) is 0 Å². The van der Waals surface area contributed by atoms with Crippen molar-refractivity contribution in [3.05, 3.63) is 39.8 Å². The lowest BCUT2D eigenvalue weighted by atomic mass is 10.0. The van der Waals surface area contributed by atoms with Gasteiger partial charge in [0, 0.05) is 29.1 Å². The minimum Gasteiger partial charge on any atom is -0.497 e. The fourth-order valence-corrected chi connectivity index (χ4v) is 3.14. The Labute approximate surface area is 130 Å². The first-order valence-electron chi connectivity index (χ1n) is 7.04. The molecule has 2 aromatic rings. The smallest absolute Gasteiger partial charge is 0.123 e. The molecule has 4 nitrogen and oxygen atoms in total. The summed E-state index contributed by atoms with van der Waals surface area (Å²) in [5, 5.41) is 6.73. The summed E-state index contributed by atoms with van der Waals surface area (Å²) in [6, 6.07) is 6.06. The van der Waals surface area contributed by atoms with Crippen molar-refractivity contribution in [1.29, 1.82) is 0 Å². The fraction of sp³-hybridized carbons (Fsp3) is 0.438. The predicted molar refractivity (Wildman–Crippen MR) is 86.5 cm³/mol. The minimum atomic E-state index is 0.158. The van der Waals surface area contributed by atoms with Crippen LogP contribution in [0.2, 0.25) is 0 Å². The number of methoxy groups -OCH3 is 2. The van der Waals surface area contributed by atoms with Gasteiger partial charge in [0.15, 0.2) is 0 Å². The Hall–Kier alpha value is -1.59. The molecule has 5 heteroatoms. The van der Waals surface area contributed by atoms with Gasteiger partial charge in [-0.05, 0) is 31.7 Å². The van der Waals surface area contributed by atoms with Crippen LogP contribution in [0.1, 0.15) is 29.2 Å². The molecule has 0 saturated carbocycles. The third-order valence-electron chi connectivity index (χ3n) is 3.31. The second kappa shape index (κ2) is 7.43. The van der Waals surface area contributed by atoms with Gasteiger partial charge >= 0.3 is 0 Å². The van der Waals surface area contributed by atoms with E-state index in [0.29, 0.717) is 0 Å². The molecule has 0 aliphatic rings. The molecule has 1 heterocycles. The first kappa shape index (κ1) is 15.8. The highest BCUT2D eigenvalue weighted by molar-refractivity contribution is 7.09. The van der Waals surface area contributed by atoms with Gasteiger partial charge in [0.05, 0.1) is 19.2 Å². The van der Waals surface area contributed by atoms with Crippen molar-refractivity contribution in [3.63, 3.8) is 0 Å². The van der Waals surface area contributed by atoms with Crippen LogP contribution in [0.25, 0.3) is 0 Å². The average molecular weight is 306 g/mol. The Bertz CT molecular complexity index is 583. The van der Waals surface area contributed by atoms with Crippen molar-refractivity contribution >= 4 is 11.3 Å². The molecule has 21 heavy (non-hydrogen) atoms. The first-order chi connectivity index (χ1) is 10.2. The highest BCUT2D eigenvalue weighted by Gasteiger charge is 2.18. The second-order valence-electron chi connectivity index (χ2n) is 4.80. The third kappa shape index (κ3) is 3.95. The second-order valence-corrected chi connectivity index (χ2v) is 5.75. The van der Waals surface area contributed by atoms with Crippen LogP contribution in [0, 0.1) is 6.92 Å². The van der Waals surface area contributed by atoms with Gasteiger partial charge in [-0.1, -0.05) is 6.92 Å². The molecule has 0 aliphatic heterocycles. The molecule has 0 amide bonds. The molecule has 1 atom stereocenters. The number of hydrogen-bond acceptors (Lipinski definition) is 5. The molecular weight excluding hydrogens is 284 g/mol. The van der Waals surface area contributed by atoms with Crippen LogP contribution in [0.4, 0.5) is 0 Å². The van der Waals surface area contributed by atoms with Crippen molar-refractivity contribution in [2.45, 2.75) is 26.3 Å². The molecule has 114 valence electrons. The molecule has 1 aromatic heterocycles. The highest BCUT2D eigenvalue weighted by atomic mass is 32.1. The number of benzene rings is 1. The number of rotatable bonds is 7. The van der Waals surface area contributed by atoms with Gasteiger partial charge < -0.3 is 14.8 Å². The largest absolute Gasteiger partial charge is 0.497 e. The van der Waals surface area contributed by atoms with Crippen LogP contribution >= 0.6 is 11.3 Å². The van der Waals surface area contributed by atoms with Crippen LogP contribution in [0.5, 0.6) is 11.5 Å². The van der Waals surface area contributed by atoms with Gasteiger partial charge in [-0.15, -0.1) is 11.3 Å². The number of aryl methyl sites for hydroxylation is 1. The van der Waals surface area contributed by atoms with Crippen LogP contribution in [0.15, 0.2) is 23.6 Å². The maximum absolute atomic E-state index is 5.50. The van der Waals surface area contributed by atoms with Gasteiger partial charge in [0.2, 0.25) is 0 Å². The zero-order chi connectivity index (χ0) is 15.2. The van der Waals surface area contributed by atoms with E-state index in [4.69, 9.17) is 9.47 Å². The number of ether oxygens (including phenoxy) is 2. The molecule has 0 bridgehead atoms. The number of hydrogen-bond donors (Lipinski definition) is 1. The summed E-state index contributed by atoms with van der Waals surface area (Å²) in [6.07, 6.45) is 0.843. The quantitative estimate of drug-likeness (QED) is 0.852. The van der Waals surface area contributed by atoms with E-state index in [1.165, 1.54) is 0 Å². The number of thiazole rings is 1. The number of aromatic nitrogens is 1. The van der Waals surface area contributed by atoms with Gasteiger partial charge in [0.1, 0.15) is 11.5 Å². The Kier molecular flexibility index (Phi) is 5.59. The summed E-state index contributed by atoms with van der Waals surface area (Å²) < 4.78 is 10.8. The summed E-state index contributed by atoms with van der Waals surface area (Å²) in [5.41, 5.74) is 2.18. The van der Waals surface area contributed by atoms with E-state index < -0.39 is 0 Å². The summed E-state index contributed by atoms with van der Waals surface area (Å²) in [7, 11) is 3.37. The normalized spacial score (nSPS) is 12.2. The molecule has 0 spiro atoms. The molecule has 1 unspecified atom stereocenters. The zero-order valence-electron chi connectivity index (χ0n) is 13.0. The number of nitrogens with zero attached hydrogens (tertiary/aromatic N) is 1. The van der Waals surface area contributed by atoms with Crippen molar-refractivity contribution in [3.8, 4) is 11.5 Å². The maximum Gasteiger partial charge on any atom is 0.123 e. The van der Waals surface area contributed by atoms with Crippen molar-refractivity contribution in [2.75, 3.05) is 20.8 Å². The van der Waals surface area contributed by atoms with E-state index in [0.717, 1.165) is 40.7 Å². The van der Waals surface area contributed by atoms with Crippen LogP contribution in [-0.4, -0.2) is 25.7 Å². The average Bonchev–Trinajstić information content (AvgIpc) is 2.91. The summed E-state index contributed by atoms with van der Waals surface area (Å²) in [4.78, 5) is 4.56. The fourth-order valence-electron chi connectivity index (χ4n) is 2.32. The SMILES string of the molecule is CCNC(Cc1nc(C)cs1)c1cc(OC)ccc1OC. The van der Waals surface area contributed by atoms with Gasteiger partial charge in [-0.2, -0.15) is 0 Å². The molecule has 2 rings (SSSR count). The van der Waals surface area contributed by atoms with Crippen molar-refractivity contribution in [1.82, 2.24) is 10.3 Å². The van der Waals surface area contributed by atoms with E-state index >= 15 is 0 Å². The van der Waals surface area contributed by atoms with Crippen LogP contribution < -0.4 is 14.8 Å². The Morgan fingerprint density at radius 3 is 2.67 bits per heavy atom.